The molecule has 0 spiro atoms. The van der Waals surface area contributed by atoms with E-state index in [-0.39, 0.29) is 19.6 Å². The molecule has 0 aliphatic rings. The van der Waals surface area contributed by atoms with E-state index in [1.807, 2.05) is 19.1 Å². The van der Waals surface area contributed by atoms with E-state index in [0.29, 0.717) is 29.0 Å². The van der Waals surface area contributed by atoms with Crippen molar-refractivity contribution >= 4 is 11.7 Å². The van der Waals surface area contributed by atoms with Gasteiger partial charge in [-0.1, -0.05) is 26.0 Å². The van der Waals surface area contributed by atoms with Crippen LogP contribution in [-0.2, 0) is 23.2 Å². The fourth-order valence-electron chi connectivity index (χ4n) is 3.44. The summed E-state index contributed by atoms with van der Waals surface area (Å²) in [5, 5.41) is 31.8. The largest absolute Gasteiger partial charge is 0.491 e. The molecule has 0 radical (unpaired) electrons. The molecular weight excluding hydrogens is 380 g/mol. The summed E-state index contributed by atoms with van der Waals surface area (Å²) in [4.78, 5) is 12.6. The van der Waals surface area contributed by atoms with Crippen molar-refractivity contribution in [2.75, 3.05) is 18.5 Å². The van der Waals surface area contributed by atoms with Crippen LogP contribution in [0.25, 0.3) is 0 Å². The van der Waals surface area contributed by atoms with Crippen LogP contribution in [0.1, 0.15) is 42.5 Å². The van der Waals surface area contributed by atoms with Gasteiger partial charge in [0.15, 0.2) is 5.54 Å². The third kappa shape index (κ3) is 4.81. The molecule has 0 bridgehead atoms. The maximum absolute atomic E-state index is 12.6. The molecular formula is C24H28N2O4. The van der Waals surface area contributed by atoms with Gasteiger partial charge in [0, 0.05) is 11.3 Å². The zero-order valence-electron chi connectivity index (χ0n) is 17.4. The molecule has 3 N–H and O–H groups in total. The van der Waals surface area contributed by atoms with Crippen LogP contribution in [-0.4, -0.2) is 29.4 Å². The fourth-order valence-corrected chi connectivity index (χ4v) is 3.44. The zero-order valence-corrected chi connectivity index (χ0v) is 17.4. The number of benzene rings is 2. The predicted molar refractivity (Wildman–Crippen MR) is 117 cm³/mol. The first-order valence-electron chi connectivity index (χ1n) is 9.98. The van der Waals surface area contributed by atoms with Gasteiger partial charge in [0.25, 0.3) is 0 Å². The fraction of sp³-hybridized carbons (Fsp3) is 0.333. The molecule has 0 saturated carbocycles. The van der Waals surface area contributed by atoms with E-state index in [1.54, 1.807) is 37.3 Å². The number of anilines is 1. The molecule has 6 nitrogen and oxygen atoms in total. The molecule has 0 aliphatic heterocycles. The number of nitrogens with one attached hydrogen (secondary N) is 1. The van der Waals surface area contributed by atoms with E-state index < -0.39 is 11.5 Å². The summed E-state index contributed by atoms with van der Waals surface area (Å²) in [6.07, 6.45) is 3.23. The standard InChI is InChI=1S/C24H28N2O4/c1-4-7-19-14-17(5-2)15-21(22(19)30-13-12-27)24(6-3,23(28)29)26-20-10-8-18(16-25)9-11-20/h4,8-11,14-15,26-27H,1,5-7,12-13H2,2-3H3,(H,28,29). The van der Waals surface area contributed by atoms with Gasteiger partial charge in [-0.2, -0.15) is 5.26 Å². The van der Waals surface area contributed by atoms with Gasteiger partial charge in [0.2, 0.25) is 0 Å². The smallest absolute Gasteiger partial charge is 0.334 e. The number of aliphatic carboxylic acids is 1. The second-order valence-corrected chi connectivity index (χ2v) is 6.93. The first-order chi connectivity index (χ1) is 14.4. The Labute approximate surface area is 177 Å². The van der Waals surface area contributed by atoms with Gasteiger partial charge in [0.1, 0.15) is 12.4 Å². The Morgan fingerprint density at radius 2 is 2.00 bits per heavy atom. The van der Waals surface area contributed by atoms with Gasteiger partial charge in [-0.25, -0.2) is 4.79 Å². The molecule has 0 fully saturated rings. The number of aryl methyl sites for hydroxylation is 1. The molecule has 1 atom stereocenters. The van der Waals surface area contributed by atoms with E-state index >= 15 is 0 Å². The lowest BCUT2D eigenvalue weighted by Crippen LogP contribution is -2.43. The van der Waals surface area contributed by atoms with Gasteiger partial charge in [-0.3, -0.25) is 0 Å². The van der Waals surface area contributed by atoms with Crippen molar-refractivity contribution in [1.29, 1.82) is 5.26 Å². The van der Waals surface area contributed by atoms with E-state index in [9.17, 15) is 15.0 Å². The minimum absolute atomic E-state index is 0.0545. The number of aliphatic hydroxyl groups excluding tert-OH is 1. The summed E-state index contributed by atoms with van der Waals surface area (Å²) in [6.45, 7) is 7.48. The van der Waals surface area contributed by atoms with Crippen LogP contribution in [0.15, 0.2) is 49.1 Å². The number of hydrogen-bond donors (Lipinski definition) is 3. The molecule has 0 amide bonds. The number of nitrogens with zero attached hydrogens (tertiary/aromatic N) is 1. The quantitative estimate of drug-likeness (QED) is 0.485. The zero-order chi connectivity index (χ0) is 22.1. The van der Waals surface area contributed by atoms with E-state index in [1.165, 1.54) is 0 Å². The molecule has 2 aromatic carbocycles. The van der Waals surface area contributed by atoms with Gasteiger partial charge >= 0.3 is 5.97 Å². The van der Waals surface area contributed by atoms with E-state index in [0.717, 1.165) is 17.5 Å². The number of carboxylic acids is 1. The first-order valence-corrected chi connectivity index (χ1v) is 9.98. The summed E-state index contributed by atoms with van der Waals surface area (Å²) in [6, 6.07) is 12.6. The third-order valence-corrected chi connectivity index (χ3v) is 5.06. The molecule has 2 aromatic rings. The second kappa shape index (κ2) is 10.5. The van der Waals surface area contributed by atoms with Crippen LogP contribution < -0.4 is 10.1 Å². The number of carboxylic acid groups (broad SMARTS) is 1. The van der Waals surface area contributed by atoms with Crippen LogP contribution in [0.3, 0.4) is 0 Å². The Bertz CT molecular complexity index is 931. The Morgan fingerprint density at radius 1 is 1.30 bits per heavy atom. The van der Waals surface area contributed by atoms with Crippen molar-refractivity contribution in [3.8, 4) is 11.8 Å². The lowest BCUT2D eigenvalue weighted by molar-refractivity contribution is -0.142. The molecule has 0 aliphatic carbocycles. The molecule has 1 unspecified atom stereocenters. The van der Waals surface area contributed by atoms with Crippen molar-refractivity contribution in [1.82, 2.24) is 0 Å². The van der Waals surface area contributed by atoms with Crippen molar-refractivity contribution in [3.05, 3.63) is 71.3 Å². The van der Waals surface area contributed by atoms with Crippen LogP contribution in [0, 0.1) is 11.3 Å². The number of ether oxygens (including phenoxy) is 1. The van der Waals surface area contributed by atoms with Gasteiger partial charge in [0.05, 0.1) is 18.2 Å². The first kappa shape index (κ1) is 23.0. The molecule has 0 saturated heterocycles. The van der Waals surface area contributed by atoms with Crippen LogP contribution in [0.2, 0.25) is 0 Å². The highest BCUT2D eigenvalue weighted by atomic mass is 16.5. The van der Waals surface area contributed by atoms with Crippen molar-refractivity contribution in [2.24, 2.45) is 0 Å². The number of rotatable bonds is 11. The van der Waals surface area contributed by atoms with Gasteiger partial charge in [-0.15, -0.1) is 6.58 Å². The summed E-state index contributed by atoms with van der Waals surface area (Å²) in [7, 11) is 0. The van der Waals surface area contributed by atoms with Gasteiger partial charge < -0.3 is 20.3 Å². The molecule has 0 aromatic heterocycles. The van der Waals surface area contributed by atoms with Crippen LogP contribution in [0.4, 0.5) is 5.69 Å². The maximum Gasteiger partial charge on any atom is 0.334 e. The average Bonchev–Trinajstić information content (AvgIpc) is 2.76. The SMILES string of the molecule is C=CCc1cc(CC)cc(C(CC)(Nc2ccc(C#N)cc2)C(=O)O)c1OCCO. The third-order valence-electron chi connectivity index (χ3n) is 5.06. The Hall–Kier alpha value is -3.30. The monoisotopic (exact) mass is 408 g/mol. The number of carbonyl (C=O) groups is 1. The lowest BCUT2D eigenvalue weighted by Gasteiger charge is -2.34. The highest BCUT2D eigenvalue weighted by Crippen LogP contribution is 2.40. The van der Waals surface area contributed by atoms with Crippen molar-refractivity contribution in [2.45, 2.75) is 38.6 Å². The summed E-state index contributed by atoms with van der Waals surface area (Å²) in [5.74, 6) is -0.590. The summed E-state index contributed by atoms with van der Waals surface area (Å²) >= 11 is 0. The van der Waals surface area contributed by atoms with Crippen molar-refractivity contribution in [3.63, 3.8) is 0 Å². The Kier molecular flexibility index (Phi) is 8.02. The lowest BCUT2D eigenvalue weighted by atomic mass is 9.83. The average molecular weight is 408 g/mol. The number of hydrogen-bond acceptors (Lipinski definition) is 5. The van der Waals surface area contributed by atoms with Gasteiger partial charge in [-0.05, 0) is 60.7 Å². The second-order valence-electron chi connectivity index (χ2n) is 6.93. The van der Waals surface area contributed by atoms with Crippen LogP contribution in [0.5, 0.6) is 5.75 Å². The Morgan fingerprint density at radius 3 is 2.50 bits per heavy atom. The predicted octanol–water partition coefficient (Wildman–Crippen LogP) is 4.02. The molecule has 6 heteroatoms. The maximum atomic E-state index is 12.6. The molecule has 158 valence electrons. The number of aliphatic hydroxyl groups is 1. The Balaban J connectivity index is 2.71. The molecule has 30 heavy (non-hydrogen) atoms. The molecule has 2 rings (SSSR count). The normalized spacial score (nSPS) is 12.5. The summed E-state index contributed by atoms with van der Waals surface area (Å²) < 4.78 is 5.86. The van der Waals surface area contributed by atoms with Crippen LogP contribution >= 0.6 is 0 Å². The number of allylic oxidation sites excluding steroid dienone is 1. The van der Waals surface area contributed by atoms with Crippen molar-refractivity contribution < 1.29 is 19.7 Å². The minimum atomic E-state index is -1.46. The number of nitriles is 1. The molecule has 0 heterocycles. The summed E-state index contributed by atoms with van der Waals surface area (Å²) in [5.41, 5.74) is 1.93. The van der Waals surface area contributed by atoms with E-state index in [4.69, 9.17) is 10.00 Å². The minimum Gasteiger partial charge on any atom is -0.491 e. The highest BCUT2D eigenvalue weighted by Gasteiger charge is 2.42. The van der Waals surface area contributed by atoms with E-state index in [2.05, 4.69) is 18.0 Å². The topological polar surface area (TPSA) is 103 Å². The highest BCUT2D eigenvalue weighted by molar-refractivity contribution is 5.86.